The van der Waals surface area contributed by atoms with Gasteiger partial charge in [-0.15, -0.1) is 0 Å². The van der Waals surface area contributed by atoms with Gasteiger partial charge in [0.25, 0.3) is 5.91 Å². The number of halogens is 1. The van der Waals surface area contributed by atoms with Gasteiger partial charge in [0.2, 0.25) is 16.4 Å². The van der Waals surface area contributed by atoms with Crippen LogP contribution in [0, 0.1) is 30.0 Å². The van der Waals surface area contributed by atoms with Gasteiger partial charge in [-0.1, -0.05) is 18.2 Å². The third-order valence-corrected chi connectivity index (χ3v) is 7.55. The number of hydrogen-bond acceptors (Lipinski definition) is 5. The largest absolute Gasteiger partial charge is 0.354 e. The van der Waals surface area contributed by atoms with E-state index in [2.05, 4.69) is 11.4 Å². The van der Waals surface area contributed by atoms with Crippen LogP contribution in [0.3, 0.4) is 0 Å². The second kappa shape index (κ2) is 11.2. The van der Waals surface area contributed by atoms with Crippen LogP contribution in [0.25, 0.3) is 0 Å². The topological polar surface area (TPSA) is 111 Å². The first kappa shape index (κ1) is 25.3. The summed E-state index contributed by atoms with van der Waals surface area (Å²) in [6, 6.07) is 13.2. The van der Waals surface area contributed by atoms with Crippen LogP contribution in [0.5, 0.6) is 0 Å². The number of hydrogen-bond donors (Lipinski definition) is 1. The van der Waals surface area contributed by atoms with Crippen molar-refractivity contribution in [2.45, 2.75) is 31.2 Å². The fourth-order valence-electron chi connectivity index (χ4n) is 3.70. The van der Waals surface area contributed by atoms with Gasteiger partial charge in [0, 0.05) is 45.3 Å². The Morgan fingerprint density at radius 3 is 2.56 bits per heavy atom. The molecule has 0 aliphatic carbocycles. The summed E-state index contributed by atoms with van der Waals surface area (Å²) in [7, 11) is -3.61. The standard InChI is InChI=1S/C15H17N3O3S.C9H10FNO.H2/c16-9-12-10-18(11-12)22(20,21)14-5-3-4-13(8-14)15(19)17-6-1-2-7-17;1-7-2-3-8(5-11-6-12)9(10)4-7;/h3-5,8,12H,1-2,6-7,10-11H2;2-4,6H,5H2,1H3,(H,11,12);1H. The van der Waals surface area contributed by atoms with Crippen molar-refractivity contribution in [1.82, 2.24) is 14.5 Å². The van der Waals surface area contributed by atoms with Crippen LogP contribution >= 0.6 is 0 Å². The number of carbonyl (C=O) groups excluding carboxylic acids is 2. The molecule has 0 saturated carbocycles. The molecule has 4 rings (SSSR count). The van der Waals surface area contributed by atoms with Crippen molar-refractivity contribution in [3.05, 3.63) is 65.0 Å². The van der Waals surface area contributed by atoms with E-state index >= 15 is 0 Å². The van der Waals surface area contributed by atoms with Gasteiger partial charge in [-0.2, -0.15) is 9.57 Å². The molecule has 2 heterocycles. The van der Waals surface area contributed by atoms with Gasteiger partial charge in [-0.05, 0) is 49.6 Å². The molecular weight excluding hydrogens is 459 g/mol. The lowest BCUT2D eigenvalue weighted by molar-refractivity contribution is -0.109. The highest BCUT2D eigenvalue weighted by atomic mass is 32.2. The van der Waals surface area contributed by atoms with Gasteiger partial charge >= 0.3 is 0 Å². The summed E-state index contributed by atoms with van der Waals surface area (Å²) in [4.78, 5) is 24.1. The SMILES string of the molecule is Cc1ccc(CNC=O)c(F)c1.N#CC1CN(S(=O)(=O)c2cccc(C(=O)N3CCCC3)c2)C1.[HH]. The molecule has 0 spiro atoms. The Balaban J connectivity index is 0.000000284. The molecule has 0 radical (unpaired) electrons. The monoisotopic (exact) mass is 488 g/mol. The number of carbonyl (C=O) groups is 2. The average molecular weight is 489 g/mol. The number of rotatable bonds is 6. The molecule has 34 heavy (non-hydrogen) atoms. The summed E-state index contributed by atoms with van der Waals surface area (Å²) in [6.07, 6.45) is 2.54. The smallest absolute Gasteiger partial charge is 0.253 e. The normalized spacial score (nSPS) is 16.1. The van der Waals surface area contributed by atoms with E-state index in [0.29, 0.717) is 17.5 Å². The highest BCUT2D eigenvalue weighted by Crippen LogP contribution is 2.25. The molecule has 2 aromatic rings. The van der Waals surface area contributed by atoms with Crippen LogP contribution in [0.1, 0.15) is 35.8 Å². The minimum absolute atomic E-state index is 0. The Bertz CT molecular complexity index is 1190. The molecule has 10 heteroatoms. The van der Waals surface area contributed by atoms with Crippen LogP contribution in [-0.2, 0) is 21.4 Å². The highest BCUT2D eigenvalue weighted by Gasteiger charge is 2.37. The molecular formula is C24H29FN4O4S. The van der Waals surface area contributed by atoms with E-state index in [4.69, 9.17) is 5.26 Å². The van der Waals surface area contributed by atoms with Gasteiger partial charge < -0.3 is 10.2 Å². The first-order valence-electron chi connectivity index (χ1n) is 11.0. The van der Waals surface area contributed by atoms with Crippen molar-refractivity contribution in [3.63, 3.8) is 0 Å². The fraction of sp³-hybridized carbons (Fsp3) is 0.375. The molecule has 2 aliphatic rings. The second-order valence-electron chi connectivity index (χ2n) is 8.27. The zero-order chi connectivity index (χ0) is 24.7. The van der Waals surface area contributed by atoms with Crippen LogP contribution in [0.15, 0.2) is 47.4 Å². The number of likely N-dealkylation sites (tertiary alicyclic amines) is 1. The zero-order valence-corrected chi connectivity index (χ0v) is 19.7. The fourth-order valence-corrected chi connectivity index (χ4v) is 5.28. The van der Waals surface area contributed by atoms with E-state index in [9.17, 15) is 22.4 Å². The number of amides is 2. The van der Waals surface area contributed by atoms with Gasteiger partial charge in [0.05, 0.1) is 16.9 Å². The number of nitrogens with zero attached hydrogens (tertiary/aromatic N) is 3. The van der Waals surface area contributed by atoms with Crippen LogP contribution < -0.4 is 5.32 Å². The molecule has 182 valence electrons. The Kier molecular flexibility index (Phi) is 8.36. The maximum atomic E-state index is 13.0. The van der Waals surface area contributed by atoms with Crippen molar-refractivity contribution in [2.24, 2.45) is 5.92 Å². The van der Waals surface area contributed by atoms with Crippen molar-refractivity contribution in [2.75, 3.05) is 26.2 Å². The first-order chi connectivity index (χ1) is 16.3. The third-order valence-electron chi connectivity index (χ3n) is 5.73. The minimum Gasteiger partial charge on any atom is -0.354 e. The number of benzene rings is 2. The van der Waals surface area contributed by atoms with Gasteiger partial charge in [0.1, 0.15) is 5.82 Å². The van der Waals surface area contributed by atoms with E-state index in [1.165, 1.54) is 22.5 Å². The van der Waals surface area contributed by atoms with E-state index in [1.807, 2.05) is 13.0 Å². The highest BCUT2D eigenvalue weighted by molar-refractivity contribution is 7.89. The van der Waals surface area contributed by atoms with Crippen LogP contribution in [0.4, 0.5) is 4.39 Å². The predicted molar refractivity (Wildman–Crippen MR) is 126 cm³/mol. The summed E-state index contributed by atoms with van der Waals surface area (Å²) in [5, 5.41) is 11.2. The first-order valence-corrected chi connectivity index (χ1v) is 12.4. The number of aryl methyl sites for hydroxylation is 1. The molecule has 2 amide bonds. The molecule has 2 fully saturated rings. The van der Waals surface area contributed by atoms with Gasteiger partial charge in [-0.3, -0.25) is 9.59 Å². The lowest BCUT2D eigenvalue weighted by Crippen LogP contribution is -2.49. The van der Waals surface area contributed by atoms with Gasteiger partial charge in [0.15, 0.2) is 0 Å². The van der Waals surface area contributed by atoms with E-state index < -0.39 is 10.0 Å². The summed E-state index contributed by atoms with van der Waals surface area (Å²) in [5.41, 5.74) is 1.79. The molecule has 2 saturated heterocycles. The number of sulfonamides is 1. The molecule has 0 atom stereocenters. The third kappa shape index (κ3) is 5.98. The maximum absolute atomic E-state index is 13.0. The summed E-state index contributed by atoms with van der Waals surface area (Å²) >= 11 is 0. The Morgan fingerprint density at radius 2 is 1.94 bits per heavy atom. The second-order valence-corrected chi connectivity index (χ2v) is 10.2. The number of nitriles is 1. The average Bonchev–Trinajstić information content (AvgIpc) is 3.33. The molecule has 1 N–H and O–H groups in total. The lowest BCUT2D eigenvalue weighted by Gasteiger charge is -2.34. The van der Waals surface area contributed by atoms with Crippen molar-refractivity contribution >= 4 is 22.3 Å². The maximum Gasteiger partial charge on any atom is 0.253 e. The van der Waals surface area contributed by atoms with Crippen molar-refractivity contribution in [3.8, 4) is 6.07 Å². The molecule has 0 bridgehead atoms. The quantitative estimate of drug-likeness (QED) is 0.629. The molecule has 2 aromatic carbocycles. The van der Waals surface area contributed by atoms with Crippen molar-refractivity contribution < 1.29 is 23.8 Å². The van der Waals surface area contributed by atoms with Crippen LogP contribution in [-0.4, -0.2) is 56.1 Å². The van der Waals surface area contributed by atoms with E-state index in [-0.39, 0.29) is 43.6 Å². The minimum atomic E-state index is -3.61. The molecule has 0 aromatic heterocycles. The lowest BCUT2D eigenvalue weighted by atomic mass is 10.1. The summed E-state index contributed by atoms with van der Waals surface area (Å²) in [6.45, 7) is 3.97. The Labute approximate surface area is 200 Å². The van der Waals surface area contributed by atoms with E-state index in [1.54, 1.807) is 23.1 Å². The zero-order valence-electron chi connectivity index (χ0n) is 18.9. The molecule has 2 aliphatic heterocycles. The van der Waals surface area contributed by atoms with E-state index in [0.717, 1.165) is 31.5 Å². The van der Waals surface area contributed by atoms with Crippen LogP contribution in [0.2, 0.25) is 0 Å². The van der Waals surface area contributed by atoms with Gasteiger partial charge in [-0.25, -0.2) is 12.8 Å². The Hall–Kier alpha value is -3.29. The summed E-state index contributed by atoms with van der Waals surface area (Å²) in [5.74, 6) is -0.624. The van der Waals surface area contributed by atoms with Crippen molar-refractivity contribution in [1.29, 1.82) is 5.26 Å². The molecule has 8 nitrogen and oxygen atoms in total. The number of nitrogens with one attached hydrogen (secondary N) is 1. The Morgan fingerprint density at radius 1 is 1.24 bits per heavy atom. The predicted octanol–water partition coefficient (Wildman–Crippen LogP) is 2.69. The molecule has 0 unspecified atom stereocenters. The summed E-state index contributed by atoms with van der Waals surface area (Å²) < 4.78 is 39.2.